The third kappa shape index (κ3) is 3.81. The molecule has 1 N–H and O–H groups in total. The highest BCUT2D eigenvalue weighted by Crippen LogP contribution is 2.49. The first-order valence-electron chi connectivity index (χ1n) is 11.1. The summed E-state index contributed by atoms with van der Waals surface area (Å²) >= 11 is 5.98. The molecule has 0 heterocycles. The minimum Gasteiger partial charge on any atom is -0.282 e. The number of aliphatic imine (C=N–C) groups is 1. The van der Waals surface area contributed by atoms with Gasteiger partial charge in [-0.15, -0.1) is 0 Å². The van der Waals surface area contributed by atoms with Crippen molar-refractivity contribution in [2.45, 2.75) is 26.2 Å². The van der Waals surface area contributed by atoms with Crippen LogP contribution in [-0.2, 0) is 5.41 Å². The van der Waals surface area contributed by atoms with Crippen LogP contribution >= 0.6 is 11.6 Å². The lowest BCUT2D eigenvalue weighted by atomic mass is 9.81. The molecule has 0 aromatic heterocycles. The van der Waals surface area contributed by atoms with Crippen molar-refractivity contribution in [2.75, 3.05) is 0 Å². The van der Waals surface area contributed by atoms with Gasteiger partial charge in [-0.05, 0) is 75.7 Å². The molecule has 0 amide bonds. The third-order valence-corrected chi connectivity index (χ3v) is 6.58. The molecular weight excluding hydrogens is 424 g/mol. The van der Waals surface area contributed by atoms with Gasteiger partial charge in [0, 0.05) is 11.0 Å². The molecule has 0 bridgehead atoms. The minimum absolute atomic E-state index is 0.0610. The summed E-state index contributed by atoms with van der Waals surface area (Å²) < 4.78 is 0. The van der Waals surface area contributed by atoms with E-state index in [9.17, 15) is 0 Å². The molecule has 3 heteroatoms. The zero-order valence-corrected chi connectivity index (χ0v) is 19.7. The second kappa shape index (κ2) is 8.13. The first-order chi connectivity index (χ1) is 15.8. The fourth-order valence-corrected chi connectivity index (χ4v) is 4.92. The van der Waals surface area contributed by atoms with Crippen LogP contribution in [0.5, 0.6) is 0 Å². The number of fused-ring (bicyclic) bond motifs is 3. The molecular formula is C30H25ClN2. The Bertz CT molecular complexity index is 1410. The highest BCUT2D eigenvalue weighted by molar-refractivity contribution is 6.65. The van der Waals surface area contributed by atoms with Crippen LogP contribution in [0.25, 0.3) is 33.4 Å². The molecule has 0 aliphatic heterocycles. The van der Waals surface area contributed by atoms with Crippen LogP contribution in [0, 0.1) is 5.41 Å². The predicted octanol–water partition coefficient (Wildman–Crippen LogP) is 8.31. The van der Waals surface area contributed by atoms with Crippen LogP contribution in [0.4, 0.5) is 0 Å². The van der Waals surface area contributed by atoms with Crippen LogP contribution < -0.4 is 0 Å². The Hall–Kier alpha value is -3.49. The maximum Gasteiger partial charge on any atom is 0.153 e. The van der Waals surface area contributed by atoms with E-state index in [0.717, 1.165) is 27.8 Å². The van der Waals surface area contributed by atoms with Crippen molar-refractivity contribution in [1.82, 2.24) is 0 Å². The van der Waals surface area contributed by atoms with Gasteiger partial charge in [-0.3, -0.25) is 5.41 Å². The van der Waals surface area contributed by atoms with Gasteiger partial charge in [0.15, 0.2) is 5.84 Å². The molecule has 5 rings (SSSR count). The number of nitrogens with one attached hydrogen (secondary N) is 1. The summed E-state index contributed by atoms with van der Waals surface area (Å²) in [5.41, 5.74) is 10.4. The number of hydrogen-bond acceptors (Lipinski definition) is 1. The van der Waals surface area contributed by atoms with E-state index < -0.39 is 0 Å². The molecule has 33 heavy (non-hydrogen) atoms. The van der Waals surface area contributed by atoms with Crippen molar-refractivity contribution in [2.24, 2.45) is 4.99 Å². The van der Waals surface area contributed by atoms with E-state index in [4.69, 9.17) is 17.0 Å². The maximum atomic E-state index is 8.48. The van der Waals surface area contributed by atoms with Gasteiger partial charge in [0.05, 0.1) is 0 Å². The van der Waals surface area contributed by atoms with E-state index in [0.29, 0.717) is 5.17 Å². The molecule has 2 nitrogen and oxygen atoms in total. The molecule has 1 aliphatic rings. The molecule has 4 aromatic carbocycles. The van der Waals surface area contributed by atoms with Crippen LogP contribution in [0.15, 0.2) is 96.0 Å². The first-order valence-corrected chi connectivity index (χ1v) is 11.5. The van der Waals surface area contributed by atoms with E-state index in [1.807, 2.05) is 30.3 Å². The zero-order chi connectivity index (χ0) is 23.2. The number of hydrogen-bond donors (Lipinski definition) is 1. The Morgan fingerprint density at radius 3 is 2.06 bits per heavy atom. The summed E-state index contributed by atoms with van der Waals surface area (Å²) in [6.07, 6.45) is 0. The fourth-order valence-electron chi connectivity index (χ4n) is 4.83. The van der Waals surface area contributed by atoms with E-state index in [1.54, 1.807) is 6.92 Å². The first kappa shape index (κ1) is 21.4. The highest BCUT2D eigenvalue weighted by atomic mass is 35.5. The Morgan fingerprint density at radius 1 is 0.697 bits per heavy atom. The van der Waals surface area contributed by atoms with Crippen molar-refractivity contribution in [3.63, 3.8) is 0 Å². The van der Waals surface area contributed by atoms with Gasteiger partial charge in [0.25, 0.3) is 0 Å². The largest absolute Gasteiger partial charge is 0.282 e. The van der Waals surface area contributed by atoms with E-state index >= 15 is 0 Å². The highest BCUT2D eigenvalue weighted by Gasteiger charge is 2.35. The van der Waals surface area contributed by atoms with Crippen molar-refractivity contribution < 1.29 is 0 Å². The number of amidine groups is 1. The van der Waals surface area contributed by atoms with Crippen LogP contribution in [-0.4, -0.2) is 11.0 Å². The minimum atomic E-state index is -0.0610. The van der Waals surface area contributed by atoms with Crippen molar-refractivity contribution in [3.05, 3.63) is 108 Å². The molecule has 4 aromatic rings. The van der Waals surface area contributed by atoms with E-state index in [-0.39, 0.29) is 11.3 Å². The third-order valence-electron chi connectivity index (χ3n) is 6.50. The molecule has 1 aliphatic carbocycles. The Morgan fingerprint density at radius 2 is 1.33 bits per heavy atom. The van der Waals surface area contributed by atoms with Gasteiger partial charge in [-0.1, -0.05) is 92.2 Å². The molecule has 0 spiro atoms. The number of halogens is 1. The predicted molar refractivity (Wildman–Crippen MR) is 141 cm³/mol. The second-order valence-electron chi connectivity index (χ2n) is 9.05. The Balaban J connectivity index is 1.68. The average molecular weight is 449 g/mol. The Kier molecular flexibility index (Phi) is 5.26. The van der Waals surface area contributed by atoms with Crippen LogP contribution in [0.2, 0.25) is 0 Å². The smallest absolute Gasteiger partial charge is 0.153 e. The number of rotatable bonds is 3. The molecule has 162 valence electrons. The number of benzene rings is 4. The lowest BCUT2D eigenvalue weighted by Crippen LogP contribution is -2.14. The van der Waals surface area contributed by atoms with Gasteiger partial charge >= 0.3 is 0 Å². The topological polar surface area (TPSA) is 36.2 Å². The molecule has 0 saturated heterocycles. The van der Waals surface area contributed by atoms with E-state index in [2.05, 4.69) is 79.5 Å². The Labute approximate surface area is 200 Å². The van der Waals surface area contributed by atoms with Crippen LogP contribution in [0.3, 0.4) is 0 Å². The second-order valence-corrected chi connectivity index (χ2v) is 9.60. The monoisotopic (exact) mass is 448 g/mol. The maximum absolute atomic E-state index is 8.48. The fraction of sp³-hybridized carbons (Fsp3) is 0.133. The molecule has 0 fully saturated rings. The van der Waals surface area contributed by atoms with Gasteiger partial charge in [0.1, 0.15) is 5.17 Å². The molecule has 0 saturated carbocycles. The van der Waals surface area contributed by atoms with Crippen molar-refractivity contribution in [1.29, 1.82) is 5.41 Å². The summed E-state index contributed by atoms with van der Waals surface area (Å²) in [6.45, 7) is 6.28. The van der Waals surface area contributed by atoms with Crippen molar-refractivity contribution >= 4 is 22.6 Å². The SMILES string of the molecule is CC(Cl)=NC(=N)c1cc(-c2ccccc2)cc(-c2ccc3c(c2)C(C)(C)c2ccccc2-3)c1. The van der Waals surface area contributed by atoms with Gasteiger partial charge in [-0.25, -0.2) is 4.99 Å². The lowest BCUT2D eigenvalue weighted by Gasteiger charge is -2.22. The molecule has 0 unspecified atom stereocenters. The average Bonchev–Trinajstić information content (AvgIpc) is 3.05. The summed E-state index contributed by atoms with van der Waals surface area (Å²) in [5.74, 6) is 0.162. The van der Waals surface area contributed by atoms with Gasteiger partial charge in [-0.2, -0.15) is 0 Å². The zero-order valence-electron chi connectivity index (χ0n) is 19.0. The van der Waals surface area contributed by atoms with E-state index in [1.165, 1.54) is 22.3 Å². The summed E-state index contributed by atoms with van der Waals surface area (Å²) in [7, 11) is 0. The summed E-state index contributed by atoms with van der Waals surface area (Å²) in [6, 6.07) is 31.9. The molecule has 0 radical (unpaired) electrons. The number of nitrogens with zero attached hydrogens (tertiary/aromatic N) is 1. The summed E-state index contributed by atoms with van der Waals surface area (Å²) in [4.78, 5) is 4.19. The van der Waals surface area contributed by atoms with Crippen LogP contribution in [0.1, 0.15) is 37.5 Å². The van der Waals surface area contributed by atoms with Crippen molar-refractivity contribution in [3.8, 4) is 33.4 Å². The standard InChI is InChI=1S/C30H25ClN2/c1-19(31)33-29(32)24-16-22(20-9-5-4-6-10-20)15-23(17-24)21-13-14-26-25-11-7-8-12-27(25)30(2,3)28(26)18-21/h4-18,32H,1-3H3. The quantitative estimate of drug-likeness (QED) is 0.241. The normalized spacial score (nSPS) is 14.0. The summed E-state index contributed by atoms with van der Waals surface area (Å²) in [5, 5.41) is 8.83. The lowest BCUT2D eigenvalue weighted by molar-refractivity contribution is 0.660. The van der Waals surface area contributed by atoms with Gasteiger partial charge in [0.2, 0.25) is 0 Å². The van der Waals surface area contributed by atoms with Gasteiger partial charge < -0.3 is 0 Å². The molecule has 0 atom stereocenters.